The standard InChI is InChI=1S/C7H17P.2C4H9.Sn/c1-3-5-7(8)6-4-2;2*1-3-4-2;/h7H,3-6,8H2,1-2H3;2*1,3-4H2,2H3;. The van der Waals surface area contributed by atoms with Crippen molar-refractivity contribution in [2.24, 2.45) is 0 Å². The maximum absolute atomic E-state index is 2.90. The van der Waals surface area contributed by atoms with Gasteiger partial charge in [0.25, 0.3) is 0 Å². The molecule has 17 heavy (non-hydrogen) atoms. The molecule has 0 bridgehead atoms. The Hall–Kier alpha value is 1.23. The van der Waals surface area contributed by atoms with Crippen LogP contribution in [0.15, 0.2) is 0 Å². The molecule has 0 aliphatic carbocycles. The van der Waals surface area contributed by atoms with Crippen LogP contribution in [0.5, 0.6) is 0 Å². The predicted octanol–water partition coefficient (Wildman–Crippen LogP) is 5.96. The van der Waals surface area contributed by atoms with Crippen LogP contribution in [-0.4, -0.2) is 26.8 Å². The van der Waals surface area contributed by atoms with Crippen molar-refractivity contribution in [2.45, 2.75) is 93.6 Å². The third-order valence-electron chi connectivity index (χ3n) is 2.73. The van der Waals surface area contributed by atoms with Gasteiger partial charge in [-0.1, -0.05) is 26.7 Å². The third kappa shape index (κ3) is 22.8. The van der Waals surface area contributed by atoms with E-state index in [-0.39, 0.29) is 21.1 Å². The van der Waals surface area contributed by atoms with Gasteiger partial charge >= 0.3 is 69.5 Å². The van der Waals surface area contributed by atoms with Crippen LogP contribution in [0.4, 0.5) is 0 Å². The van der Waals surface area contributed by atoms with Crippen LogP contribution >= 0.6 is 9.24 Å². The first-order valence-corrected chi connectivity index (χ1v) is 12.4. The quantitative estimate of drug-likeness (QED) is 0.255. The van der Waals surface area contributed by atoms with Crippen molar-refractivity contribution in [3.8, 4) is 0 Å². The van der Waals surface area contributed by atoms with E-state index in [1.807, 2.05) is 0 Å². The molecule has 0 N–H and O–H groups in total. The number of hydrogen-bond acceptors (Lipinski definition) is 0. The van der Waals surface area contributed by atoms with Gasteiger partial charge in [0.15, 0.2) is 0 Å². The predicted molar refractivity (Wildman–Crippen MR) is 88.5 cm³/mol. The minimum atomic E-state index is 0.149. The fourth-order valence-corrected chi connectivity index (χ4v) is 6.44. The summed E-state index contributed by atoms with van der Waals surface area (Å²) in [5, 5.41) is 0. The molecular formula is C15H35PSn. The zero-order chi connectivity index (χ0) is 13.4. The van der Waals surface area contributed by atoms with E-state index < -0.39 is 0 Å². The number of rotatable bonds is 10. The number of hydrogen-bond donors (Lipinski definition) is 0. The average Bonchev–Trinajstić information content (AvgIpc) is 2.31. The Bertz CT molecular complexity index is 105. The van der Waals surface area contributed by atoms with Crippen molar-refractivity contribution in [2.75, 3.05) is 0 Å². The average molecular weight is 365 g/mol. The summed E-state index contributed by atoms with van der Waals surface area (Å²) < 4.78 is 3.25. The van der Waals surface area contributed by atoms with E-state index in [1.54, 1.807) is 8.87 Å². The summed E-state index contributed by atoms with van der Waals surface area (Å²) in [6.07, 6.45) is 11.2. The fraction of sp³-hybridized carbons (Fsp3) is 1.00. The van der Waals surface area contributed by atoms with Crippen molar-refractivity contribution < 1.29 is 0 Å². The summed E-state index contributed by atoms with van der Waals surface area (Å²) in [5.41, 5.74) is 0.880. The Morgan fingerprint density at radius 2 is 1.18 bits per heavy atom. The van der Waals surface area contributed by atoms with Crippen LogP contribution in [0.2, 0.25) is 8.87 Å². The molecule has 0 amide bonds. The molecule has 0 heterocycles. The summed E-state index contributed by atoms with van der Waals surface area (Å²) in [5.74, 6) is 0. The van der Waals surface area contributed by atoms with E-state index >= 15 is 0 Å². The topological polar surface area (TPSA) is 0 Å². The fourth-order valence-electron chi connectivity index (χ4n) is 1.61. The van der Waals surface area contributed by atoms with Gasteiger partial charge < -0.3 is 0 Å². The van der Waals surface area contributed by atoms with Gasteiger partial charge in [-0.3, -0.25) is 0 Å². The summed E-state index contributed by atoms with van der Waals surface area (Å²) in [7, 11) is 2.90. The first-order valence-electron chi connectivity index (χ1n) is 7.69. The molecule has 0 spiro atoms. The van der Waals surface area contributed by atoms with Crippen molar-refractivity contribution >= 4 is 30.4 Å². The summed E-state index contributed by atoms with van der Waals surface area (Å²) in [4.78, 5) is 0. The second-order valence-corrected chi connectivity index (χ2v) is 10.0. The van der Waals surface area contributed by atoms with Gasteiger partial charge in [0.2, 0.25) is 0 Å². The molecule has 0 fully saturated rings. The summed E-state index contributed by atoms with van der Waals surface area (Å²) in [6, 6.07) is 0. The Morgan fingerprint density at radius 3 is 1.47 bits per heavy atom. The molecule has 0 rings (SSSR count). The Kier molecular flexibility index (Phi) is 23.6. The van der Waals surface area contributed by atoms with Gasteiger partial charge in [-0.2, -0.15) is 0 Å². The van der Waals surface area contributed by atoms with Crippen molar-refractivity contribution in [3.63, 3.8) is 0 Å². The molecule has 0 aromatic heterocycles. The third-order valence-corrected chi connectivity index (χ3v) is 7.44. The second kappa shape index (κ2) is 19.6. The van der Waals surface area contributed by atoms with Crippen LogP contribution < -0.4 is 0 Å². The molecule has 0 aromatic rings. The summed E-state index contributed by atoms with van der Waals surface area (Å²) >= 11 is 0.149. The van der Waals surface area contributed by atoms with Crippen LogP contribution in [0.1, 0.15) is 79.1 Å². The van der Waals surface area contributed by atoms with Gasteiger partial charge in [0, 0.05) is 0 Å². The Morgan fingerprint density at radius 1 is 0.765 bits per heavy atom. The normalized spacial score (nSPS) is 10.2. The van der Waals surface area contributed by atoms with E-state index in [4.69, 9.17) is 0 Å². The molecular weight excluding hydrogens is 330 g/mol. The molecule has 104 valence electrons. The van der Waals surface area contributed by atoms with E-state index in [9.17, 15) is 0 Å². The van der Waals surface area contributed by atoms with E-state index in [0.29, 0.717) is 0 Å². The molecule has 0 aliphatic heterocycles. The zero-order valence-corrected chi connectivity index (χ0v) is 16.7. The van der Waals surface area contributed by atoms with Crippen molar-refractivity contribution in [1.29, 1.82) is 0 Å². The van der Waals surface area contributed by atoms with E-state index in [1.165, 1.54) is 51.4 Å². The van der Waals surface area contributed by atoms with Gasteiger partial charge in [0.05, 0.1) is 0 Å². The molecule has 2 heteroatoms. The van der Waals surface area contributed by atoms with Gasteiger partial charge in [-0.05, 0) is 18.5 Å². The van der Waals surface area contributed by atoms with E-state index in [0.717, 1.165) is 5.66 Å². The molecule has 0 aliphatic rings. The van der Waals surface area contributed by atoms with Crippen LogP contribution in [0, 0.1) is 0 Å². The molecule has 2 radical (unpaired) electrons. The molecule has 0 saturated heterocycles. The second-order valence-electron chi connectivity index (χ2n) is 4.79. The van der Waals surface area contributed by atoms with Crippen LogP contribution in [0.25, 0.3) is 0 Å². The zero-order valence-electron chi connectivity index (χ0n) is 12.7. The SMILES string of the molecule is CCCC(P)CCC.CCC[CH2][Sn][CH2]CCC. The molecule has 0 aromatic carbocycles. The van der Waals surface area contributed by atoms with Crippen molar-refractivity contribution in [3.05, 3.63) is 0 Å². The first kappa shape index (κ1) is 20.5. The molecule has 1 unspecified atom stereocenters. The molecule has 0 nitrogen and oxygen atoms in total. The van der Waals surface area contributed by atoms with Gasteiger partial charge in [-0.15, -0.1) is 9.24 Å². The maximum atomic E-state index is 2.90. The van der Waals surface area contributed by atoms with Crippen molar-refractivity contribution in [1.82, 2.24) is 0 Å². The van der Waals surface area contributed by atoms with Crippen LogP contribution in [-0.2, 0) is 0 Å². The molecule has 1 atom stereocenters. The van der Waals surface area contributed by atoms with Gasteiger partial charge in [0.1, 0.15) is 0 Å². The Balaban J connectivity index is 0. The molecule has 0 saturated carbocycles. The monoisotopic (exact) mass is 366 g/mol. The van der Waals surface area contributed by atoms with E-state index in [2.05, 4.69) is 36.9 Å². The summed E-state index contributed by atoms with van der Waals surface area (Å²) in [6.45, 7) is 9.07. The first-order chi connectivity index (χ1) is 8.22. The van der Waals surface area contributed by atoms with Crippen LogP contribution in [0.3, 0.4) is 0 Å². The Labute approximate surface area is 124 Å². The minimum absolute atomic E-state index is 0.149. The number of unbranched alkanes of at least 4 members (excludes halogenated alkanes) is 2. The van der Waals surface area contributed by atoms with Gasteiger partial charge in [-0.25, -0.2) is 0 Å².